The van der Waals surface area contributed by atoms with Gasteiger partial charge in [0.15, 0.2) is 5.13 Å². The Morgan fingerprint density at radius 3 is 2.62 bits per heavy atom. The van der Waals surface area contributed by atoms with Gasteiger partial charge in [-0.15, -0.1) is 0 Å². The molecule has 0 radical (unpaired) electrons. The minimum atomic E-state index is -0.287. The molecule has 2 aromatic rings. The van der Waals surface area contributed by atoms with Crippen molar-refractivity contribution in [1.29, 1.82) is 0 Å². The van der Waals surface area contributed by atoms with Crippen molar-refractivity contribution in [3.8, 4) is 0 Å². The van der Waals surface area contributed by atoms with Gasteiger partial charge in [0.2, 0.25) is 0 Å². The summed E-state index contributed by atoms with van der Waals surface area (Å²) in [7, 11) is 0. The van der Waals surface area contributed by atoms with Gasteiger partial charge in [-0.25, -0.2) is 19.9 Å². The van der Waals surface area contributed by atoms with Crippen molar-refractivity contribution in [2.75, 3.05) is 17.2 Å². The van der Waals surface area contributed by atoms with Gasteiger partial charge in [-0.05, 0) is 26.7 Å². The van der Waals surface area contributed by atoms with E-state index < -0.39 is 0 Å². The van der Waals surface area contributed by atoms with E-state index in [4.69, 9.17) is 9.72 Å². The SMILES string of the molecule is CC1(C)COC(Nc2cc(Nc3nc4c(s3)C(=O)NC43CCCCC3)ncn2)=N1. The molecular formula is C19H23N7O2S. The van der Waals surface area contributed by atoms with Crippen molar-refractivity contribution >= 4 is 40.0 Å². The normalized spacial score (nSPS) is 21.3. The molecule has 2 aliphatic heterocycles. The maximum absolute atomic E-state index is 12.5. The molecule has 1 saturated carbocycles. The first-order valence-corrected chi connectivity index (χ1v) is 10.7. The number of nitrogens with zero attached hydrogens (tertiary/aromatic N) is 4. The number of amidine groups is 1. The zero-order chi connectivity index (χ0) is 20.1. The molecule has 1 amide bonds. The summed E-state index contributed by atoms with van der Waals surface area (Å²) in [6.07, 6.45) is 6.81. The van der Waals surface area contributed by atoms with Crippen molar-refractivity contribution in [2.45, 2.75) is 57.0 Å². The zero-order valence-corrected chi connectivity index (χ0v) is 17.2. The molecule has 9 nitrogen and oxygen atoms in total. The Balaban J connectivity index is 1.35. The average molecular weight is 414 g/mol. The van der Waals surface area contributed by atoms with Gasteiger partial charge < -0.3 is 15.4 Å². The second-order valence-electron chi connectivity index (χ2n) is 8.35. The zero-order valence-electron chi connectivity index (χ0n) is 16.4. The van der Waals surface area contributed by atoms with Crippen LogP contribution in [0.25, 0.3) is 0 Å². The van der Waals surface area contributed by atoms with E-state index in [2.05, 4.69) is 30.9 Å². The second kappa shape index (κ2) is 6.65. The fourth-order valence-electron chi connectivity index (χ4n) is 4.06. The Kier molecular flexibility index (Phi) is 4.19. The van der Waals surface area contributed by atoms with Crippen molar-refractivity contribution in [1.82, 2.24) is 20.3 Å². The summed E-state index contributed by atoms with van der Waals surface area (Å²) in [5.74, 6) is 1.15. The third kappa shape index (κ3) is 3.41. The van der Waals surface area contributed by atoms with Crippen molar-refractivity contribution in [2.24, 2.45) is 4.99 Å². The number of thiazole rings is 1. The van der Waals surface area contributed by atoms with Crippen LogP contribution in [0.4, 0.5) is 16.8 Å². The van der Waals surface area contributed by atoms with Crippen LogP contribution in [0.3, 0.4) is 0 Å². The van der Waals surface area contributed by atoms with E-state index in [1.165, 1.54) is 24.1 Å². The van der Waals surface area contributed by atoms with E-state index in [0.717, 1.165) is 31.4 Å². The van der Waals surface area contributed by atoms with Crippen molar-refractivity contribution < 1.29 is 9.53 Å². The van der Waals surface area contributed by atoms with Crippen LogP contribution in [-0.2, 0) is 10.3 Å². The van der Waals surface area contributed by atoms with Gasteiger partial charge in [-0.1, -0.05) is 30.6 Å². The fraction of sp³-hybridized carbons (Fsp3) is 0.526. The molecule has 3 N–H and O–H groups in total. The van der Waals surface area contributed by atoms with Gasteiger partial charge in [-0.3, -0.25) is 10.1 Å². The minimum absolute atomic E-state index is 0.0171. The number of aromatic nitrogens is 3. The van der Waals surface area contributed by atoms with E-state index >= 15 is 0 Å². The van der Waals surface area contributed by atoms with E-state index in [1.54, 1.807) is 6.07 Å². The van der Waals surface area contributed by atoms with Crippen LogP contribution in [0.2, 0.25) is 0 Å². The molecule has 10 heteroatoms. The van der Waals surface area contributed by atoms with Gasteiger partial charge in [0.05, 0.1) is 16.8 Å². The summed E-state index contributed by atoms with van der Waals surface area (Å²) in [4.78, 5) is 30.9. The number of carbonyl (C=O) groups excluding carboxylic acids is 1. The molecule has 0 saturated heterocycles. The number of aliphatic imine (C=N–C) groups is 1. The number of nitrogens with one attached hydrogen (secondary N) is 3. The molecule has 3 aliphatic rings. The standard InChI is InChI=1S/C19H23N7O2S/c1-18(2)9-28-16(26-18)22-11-8-12(21-10-20-11)23-17-24-14-13(29-17)15(27)25-19(14)6-4-3-5-7-19/h8,10H,3-7,9H2,1-2H3,(H,25,27)(H2,20,21,22,23,24,26). The Morgan fingerprint density at radius 1 is 1.14 bits per heavy atom. The highest BCUT2D eigenvalue weighted by Gasteiger charge is 2.46. The lowest BCUT2D eigenvalue weighted by molar-refractivity contribution is 0.0910. The minimum Gasteiger partial charge on any atom is -0.462 e. The number of carbonyl (C=O) groups is 1. The van der Waals surface area contributed by atoms with Crippen LogP contribution >= 0.6 is 11.3 Å². The summed E-state index contributed by atoms with van der Waals surface area (Å²) in [5.41, 5.74) is 0.357. The quantitative estimate of drug-likeness (QED) is 0.708. The Morgan fingerprint density at radius 2 is 1.90 bits per heavy atom. The lowest BCUT2D eigenvalue weighted by Gasteiger charge is -2.32. The van der Waals surface area contributed by atoms with Gasteiger partial charge in [-0.2, -0.15) is 0 Å². The lowest BCUT2D eigenvalue weighted by Crippen LogP contribution is -2.41. The van der Waals surface area contributed by atoms with Crippen LogP contribution in [0.15, 0.2) is 17.4 Å². The monoisotopic (exact) mass is 413 g/mol. The predicted octanol–water partition coefficient (Wildman–Crippen LogP) is 3.16. The first-order chi connectivity index (χ1) is 13.9. The number of hydrogen-bond acceptors (Lipinski definition) is 9. The summed E-state index contributed by atoms with van der Waals surface area (Å²) >= 11 is 1.37. The second-order valence-corrected chi connectivity index (χ2v) is 9.35. The molecule has 0 unspecified atom stereocenters. The van der Waals surface area contributed by atoms with E-state index in [-0.39, 0.29) is 17.0 Å². The third-order valence-corrected chi connectivity index (χ3v) is 6.42. The van der Waals surface area contributed by atoms with Crippen molar-refractivity contribution in [3.63, 3.8) is 0 Å². The smallest absolute Gasteiger partial charge is 0.291 e. The molecule has 29 heavy (non-hydrogen) atoms. The number of hydrogen-bond donors (Lipinski definition) is 3. The van der Waals surface area contributed by atoms with E-state index in [1.807, 2.05) is 13.8 Å². The molecule has 0 bridgehead atoms. The Hall–Kier alpha value is -2.75. The first-order valence-electron chi connectivity index (χ1n) is 9.85. The van der Waals surface area contributed by atoms with Crippen LogP contribution in [0.5, 0.6) is 0 Å². The Labute approximate surface area is 172 Å². The molecule has 1 fully saturated rings. The largest absolute Gasteiger partial charge is 0.462 e. The van der Waals surface area contributed by atoms with Gasteiger partial charge in [0.25, 0.3) is 11.9 Å². The highest BCUT2D eigenvalue weighted by molar-refractivity contribution is 7.17. The number of amides is 1. The highest BCUT2D eigenvalue weighted by Crippen LogP contribution is 2.45. The lowest BCUT2D eigenvalue weighted by atomic mass is 9.81. The molecule has 152 valence electrons. The molecule has 0 aromatic carbocycles. The average Bonchev–Trinajstić information content (AvgIpc) is 3.32. The van der Waals surface area contributed by atoms with Crippen LogP contribution in [0, 0.1) is 0 Å². The molecule has 5 rings (SSSR count). The summed E-state index contributed by atoms with van der Waals surface area (Å²) in [6.45, 7) is 4.54. The van der Waals surface area contributed by atoms with Gasteiger partial charge >= 0.3 is 0 Å². The summed E-state index contributed by atoms with van der Waals surface area (Å²) < 4.78 is 5.55. The molecule has 0 atom stereocenters. The highest BCUT2D eigenvalue weighted by atomic mass is 32.1. The maximum atomic E-state index is 12.5. The predicted molar refractivity (Wildman–Crippen MR) is 111 cm³/mol. The summed E-state index contributed by atoms with van der Waals surface area (Å²) in [6, 6.07) is 2.21. The van der Waals surface area contributed by atoms with Crippen molar-refractivity contribution in [3.05, 3.63) is 23.0 Å². The van der Waals surface area contributed by atoms with Crippen LogP contribution < -0.4 is 16.0 Å². The molecule has 4 heterocycles. The van der Waals surface area contributed by atoms with Crippen LogP contribution in [0.1, 0.15) is 61.3 Å². The summed E-state index contributed by atoms with van der Waals surface area (Å²) in [5, 5.41) is 10.1. The van der Waals surface area contributed by atoms with Gasteiger partial charge in [0, 0.05) is 6.07 Å². The molecule has 1 aliphatic carbocycles. The number of anilines is 3. The number of ether oxygens (including phenoxy) is 1. The topological polar surface area (TPSA) is 113 Å². The fourth-order valence-corrected chi connectivity index (χ4v) is 5.03. The number of fused-ring (bicyclic) bond motifs is 2. The maximum Gasteiger partial charge on any atom is 0.291 e. The third-order valence-electron chi connectivity index (χ3n) is 5.45. The Bertz CT molecular complexity index is 994. The molecule has 2 aromatic heterocycles. The first kappa shape index (κ1) is 18.3. The van der Waals surface area contributed by atoms with E-state index in [0.29, 0.717) is 34.3 Å². The van der Waals surface area contributed by atoms with Gasteiger partial charge in [0.1, 0.15) is 29.4 Å². The molecular weight excluding hydrogens is 390 g/mol. The molecule has 1 spiro atoms. The van der Waals surface area contributed by atoms with Crippen LogP contribution in [-0.4, -0.2) is 39.0 Å². The number of rotatable bonds is 3. The van der Waals surface area contributed by atoms with E-state index in [9.17, 15) is 4.79 Å².